The average molecular weight is 688 g/mol. The van der Waals surface area contributed by atoms with Crippen LogP contribution in [0.2, 0.25) is 0 Å². The lowest BCUT2D eigenvalue weighted by Crippen LogP contribution is -2.59. The highest BCUT2D eigenvalue weighted by atomic mass is 16.6. The molecule has 0 saturated carbocycles. The first-order valence-corrected chi connectivity index (χ1v) is 17.4. The lowest BCUT2D eigenvalue weighted by Gasteiger charge is -2.39. The number of carbonyl (C=O) groups is 4. The molecule has 3 saturated heterocycles. The van der Waals surface area contributed by atoms with Crippen LogP contribution >= 0.6 is 0 Å². The predicted octanol–water partition coefficient (Wildman–Crippen LogP) is 4.36. The molecule has 0 aromatic heterocycles. The first kappa shape index (κ1) is 36.8. The number of aliphatic hydroxyl groups excluding tert-OH is 1. The van der Waals surface area contributed by atoms with Gasteiger partial charge in [0.25, 0.3) is 5.91 Å². The molecule has 3 aliphatic heterocycles. The molecule has 2 N–H and O–H groups in total. The number of methoxy groups -OCH3 is 1. The van der Waals surface area contributed by atoms with Gasteiger partial charge in [-0.25, -0.2) is 0 Å². The molecule has 3 amide bonds. The highest BCUT2D eigenvalue weighted by Gasteiger charge is 2.75. The van der Waals surface area contributed by atoms with E-state index in [1.54, 1.807) is 48.4 Å². The van der Waals surface area contributed by atoms with Gasteiger partial charge in [0.2, 0.25) is 11.8 Å². The van der Waals surface area contributed by atoms with Gasteiger partial charge in [-0.3, -0.25) is 19.2 Å². The Balaban J connectivity index is 1.50. The molecule has 50 heavy (non-hydrogen) atoms. The summed E-state index contributed by atoms with van der Waals surface area (Å²) < 4.78 is 18.1. The number of anilines is 1. The number of hydrogen-bond donors (Lipinski definition) is 2. The Morgan fingerprint density at radius 3 is 2.46 bits per heavy atom. The van der Waals surface area contributed by atoms with E-state index in [9.17, 15) is 24.3 Å². The van der Waals surface area contributed by atoms with Crippen molar-refractivity contribution in [3.05, 3.63) is 85.5 Å². The number of ether oxygens (including phenoxy) is 3. The smallest absolute Gasteiger partial charge is 0.313 e. The normalized spacial score (nSPS) is 24.7. The summed E-state index contributed by atoms with van der Waals surface area (Å²) in [7, 11) is 1.56. The van der Waals surface area contributed by atoms with Crippen molar-refractivity contribution in [2.45, 2.75) is 75.8 Å². The topological polar surface area (TPSA) is 135 Å². The Hall–Kier alpha value is -4.48. The Bertz CT molecular complexity index is 1550. The van der Waals surface area contributed by atoms with Gasteiger partial charge in [0.05, 0.1) is 44.2 Å². The maximum absolute atomic E-state index is 14.9. The number of fused-ring (bicyclic) bond motifs is 1. The number of benzene rings is 2. The lowest BCUT2D eigenvalue weighted by molar-refractivity contribution is -0.161. The molecule has 3 fully saturated rings. The van der Waals surface area contributed by atoms with Gasteiger partial charge in [0.15, 0.2) is 0 Å². The van der Waals surface area contributed by atoms with Crippen molar-refractivity contribution in [3.63, 3.8) is 0 Å². The number of hydrogen-bond acceptors (Lipinski definition) is 8. The van der Waals surface area contributed by atoms with E-state index in [1.165, 1.54) is 4.90 Å². The average Bonchev–Trinajstić information content (AvgIpc) is 3.77. The summed E-state index contributed by atoms with van der Waals surface area (Å²) in [5, 5.41) is 13.5. The Kier molecular flexibility index (Phi) is 11.8. The third-order valence-corrected chi connectivity index (χ3v) is 10.0. The van der Waals surface area contributed by atoms with Gasteiger partial charge < -0.3 is 34.4 Å². The fraction of sp³-hybridized carbons (Fsp3) is 0.487. The molecule has 7 atom stereocenters. The standard InChI is InChI=1S/C39H49N3O8/c1-6-8-14-32(44)40-23-31(26-12-10-9-11-13-26)49-38(47)33-30-19-20-39(50-30)34(33)36(45)42(28(24-43)22-25(3)4)35(39)37(46)41(21-7-2)27-15-17-29(48-5)18-16-27/h6-7,9-13,15-18,25,28,30-31,33-35,43H,1-2,8,14,19-24H2,3-5H3,(H,40,44)/t28-,30+,31+,33-,34-,35+,39-/m1/s1. The lowest BCUT2D eigenvalue weighted by atomic mass is 9.70. The molecular weight excluding hydrogens is 638 g/mol. The maximum Gasteiger partial charge on any atom is 0.313 e. The Labute approximate surface area is 294 Å². The van der Waals surface area contributed by atoms with E-state index in [-0.39, 0.29) is 43.8 Å². The molecule has 2 bridgehead atoms. The van der Waals surface area contributed by atoms with Crippen LogP contribution in [0.5, 0.6) is 5.75 Å². The van der Waals surface area contributed by atoms with Gasteiger partial charge in [-0.2, -0.15) is 0 Å². The van der Waals surface area contributed by atoms with E-state index < -0.39 is 53.6 Å². The van der Waals surface area contributed by atoms with Crippen LogP contribution in [0.1, 0.15) is 57.6 Å². The second-order valence-corrected chi connectivity index (χ2v) is 13.7. The number of likely N-dealkylation sites (tertiary alicyclic amines) is 1. The summed E-state index contributed by atoms with van der Waals surface area (Å²) in [6.45, 7) is 11.4. The number of nitrogens with one attached hydrogen (secondary N) is 1. The molecule has 0 unspecified atom stereocenters. The summed E-state index contributed by atoms with van der Waals surface area (Å²) in [5.74, 6) is -2.87. The van der Waals surface area contributed by atoms with Gasteiger partial charge in [-0.15, -0.1) is 13.2 Å². The van der Waals surface area contributed by atoms with Gasteiger partial charge in [-0.05, 0) is 61.4 Å². The summed E-state index contributed by atoms with van der Waals surface area (Å²) >= 11 is 0. The van der Waals surface area contributed by atoms with Crippen LogP contribution in [-0.4, -0.2) is 84.3 Å². The van der Waals surface area contributed by atoms with E-state index in [1.807, 2.05) is 44.2 Å². The molecule has 0 radical (unpaired) electrons. The Morgan fingerprint density at radius 1 is 1.12 bits per heavy atom. The molecule has 3 aliphatic rings. The van der Waals surface area contributed by atoms with Crippen LogP contribution < -0.4 is 15.0 Å². The molecule has 268 valence electrons. The highest BCUT2D eigenvalue weighted by Crippen LogP contribution is 2.59. The van der Waals surface area contributed by atoms with Crippen molar-refractivity contribution in [3.8, 4) is 5.75 Å². The van der Waals surface area contributed by atoms with Gasteiger partial charge >= 0.3 is 5.97 Å². The van der Waals surface area contributed by atoms with Gasteiger partial charge in [0.1, 0.15) is 23.5 Å². The van der Waals surface area contributed by atoms with Crippen molar-refractivity contribution < 1.29 is 38.5 Å². The minimum atomic E-state index is -1.31. The summed E-state index contributed by atoms with van der Waals surface area (Å²) in [5.41, 5.74) is -0.0374. The van der Waals surface area contributed by atoms with Crippen LogP contribution in [0, 0.1) is 17.8 Å². The molecule has 11 nitrogen and oxygen atoms in total. The summed E-state index contributed by atoms with van der Waals surface area (Å²) in [6, 6.07) is 14.4. The van der Waals surface area contributed by atoms with Crippen LogP contribution in [0.4, 0.5) is 5.69 Å². The minimum Gasteiger partial charge on any atom is -0.497 e. The molecular formula is C39H49N3O8. The molecule has 5 rings (SSSR count). The zero-order valence-electron chi connectivity index (χ0n) is 29.2. The third-order valence-electron chi connectivity index (χ3n) is 10.0. The van der Waals surface area contributed by atoms with Crippen molar-refractivity contribution >= 4 is 29.4 Å². The van der Waals surface area contributed by atoms with Crippen LogP contribution in [0.3, 0.4) is 0 Å². The minimum absolute atomic E-state index is 0.0420. The summed E-state index contributed by atoms with van der Waals surface area (Å²) in [6.07, 6.45) is 3.87. The van der Waals surface area contributed by atoms with E-state index in [0.717, 1.165) is 0 Å². The second kappa shape index (κ2) is 16.0. The quantitative estimate of drug-likeness (QED) is 0.185. The first-order valence-electron chi connectivity index (χ1n) is 17.4. The van der Waals surface area contributed by atoms with Crippen molar-refractivity contribution in [1.29, 1.82) is 0 Å². The number of nitrogens with zero attached hydrogens (tertiary/aromatic N) is 2. The van der Waals surface area contributed by atoms with Gasteiger partial charge in [0, 0.05) is 18.7 Å². The fourth-order valence-corrected chi connectivity index (χ4v) is 7.86. The third kappa shape index (κ3) is 7.20. The second-order valence-electron chi connectivity index (χ2n) is 13.7. The number of allylic oxidation sites excluding steroid dienone is 1. The molecule has 11 heteroatoms. The van der Waals surface area contributed by atoms with E-state index in [2.05, 4.69) is 18.5 Å². The molecule has 0 aliphatic carbocycles. The van der Waals surface area contributed by atoms with Crippen LogP contribution in [0.15, 0.2) is 79.9 Å². The predicted molar refractivity (Wildman–Crippen MR) is 188 cm³/mol. The van der Waals surface area contributed by atoms with Crippen LogP contribution in [-0.2, 0) is 28.7 Å². The number of amides is 3. The highest BCUT2D eigenvalue weighted by molar-refractivity contribution is 6.05. The van der Waals surface area contributed by atoms with Crippen LogP contribution in [0.25, 0.3) is 0 Å². The zero-order valence-corrected chi connectivity index (χ0v) is 29.2. The largest absolute Gasteiger partial charge is 0.497 e. The number of aliphatic hydroxyl groups is 1. The van der Waals surface area contributed by atoms with Crippen molar-refractivity contribution in [2.24, 2.45) is 17.8 Å². The maximum atomic E-state index is 14.9. The molecule has 2 aromatic carbocycles. The van der Waals surface area contributed by atoms with Crippen molar-refractivity contribution in [2.75, 3.05) is 31.7 Å². The number of rotatable bonds is 17. The SMILES string of the molecule is C=CCCC(=O)NC[C@H](OC(=O)[C@@H]1[C@@H]2CC[C@]3(O2)[C@H](C(=O)N(CC=C)c2ccc(OC)cc2)N([C@@H](CO)CC(C)C)C(=O)[C@@H]13)c1ccccc1. The van der Waals surface area contributed by atoms with E-state index >= 15 is 0 Å². The number of carbonyl (C=O) groups excluding carboxylic acids is 4. The Morgan fingerprint density at radius 2 is 1.84 bits per heavy atom. The van der Waals surface area contributed by atoms with Gasteiger partial charge in [-0.1, -0.05) is 56.3 Å². The zero-order chi connectivity index (χ0) is 36.0. The fourth-order valence-electron chi connectivity index (χ4n) is 7.86. The monoisotopic (exact) mass is 687 g/mol. The first-order chi connectivity index (χ1) is 24.1. The van der Waals surface area contributed by atoms with E-state index in [0.29, 0.717) is 42.7 Å². The molecule has 2 aromatic rings. The molecule has 1 spiro atoms. The molecule has 3 heterocycles. The van der Waals surface area contributed by atoms with Crippen molar-refractivity contribution in [1.82, 2.24) is 10.2 Å². The summed E-state index contributed by atoms with van der Waals surface area (Å²) in [4.78, 5) is 59.4. The number of esters is 1. The van der Waals surface area contributed by atoms with E-state index in [4.69, 9.17) is 14.2 Å².